The number of fused-ring (bicyclic) bond motifs is 1. The average molecular weight is 861 g/mol. The molecule has 334 valence electrons. The molecule has 4 rings (SSSR count). The number of amides is 8. The van der Waals surface area contributed by atoms with Gasteiger partial charge in [0, 0.05) is 49.5 Å². The van der Waals surface area contributed by atoms with Crippen molar-refractivity contribution in [3.05, 3.63) is 36.0 Å². The summed E-state index contributed by atoms with van der Waals surface area (Å²) in [6, 6.07) is -4.84. The van der Waals surface area contributed by atoms with E-state index in [-0.39, 0.29) is 25.8 Å². The second-order valence-corrected chi connectivity index (χ2v) is 15.0. The van der Waals surface area contributed by atoms with Crippen LogP contribution in [-0.2, 0) is 49.6 Å². The molecule has 10 atom stereocenters. The highest BCUT2D eigenvalue weighted by Gasteiger charge is 2.44. The Morgan fingerprint density at radius 3 is 1.82 bits per heavy atom. The third kappa shape index (κ3) is 12.0. The molecule has 2 saturated heterocycles. The number of para-hydroxylation sites is 1. The van der Waals surface area contributed by atoms with Crippen LogP contribution in [0.1, 0.15) is 38.7 Å². The van der Waals surface area contributed by atoms with Crippen LogP contribution >= 0.6 is 0 Å². The van der Waals surface area contributed by atoms with Gasteiger partial charge < -0.3 is 78.4 Å². The molecule has 0 spiro atoms. The molecule has 2 aromatic rings. The molecule has 2 aliphatic heterocycles. The number of nitrogens with two attached hydrogens (primary N) is 2. The molecule has 2 fully saturated rings. The van der Waals surface area contributed by atoms with E-state index >= 15 is 0 Å². The van der Waals surface area contributed by atoms with Gasteiger partial charge in [0.25, 0.3) is 0 Å². The molecule has 24 heteroatoms. The lowest BCUT2D eigenvalue weighted by Gasteiger charge is -2.30. The number of carbonyl (C=O) groups excluding carboxylic acids is 8. The van der Waals surface area contributed by atoms with Crippen molar-refractivity contribution in [1.29, 1.82) is 0 Å². The predicted octanol–water partition coefficient (Wildman–Crippen LogP) is -6.63. The monoisotopic (exact) mass is 860 g/mol. The Balaban J connectivity index is 1.46. The van der Waals surface area contributed by atoms with Crippen LogP contribution in [0, 0.1) is 0 Å². The number of aliphatic hydroxyl groups is 4. The Kier molecular flexibility index (Phi) is 16.2. The molecule has 1 aromatic carbocycles. The van der Waals surface area contributed by atoms with Crippen molar-refractivity contribution >= 4 is 64.1 Å². The molecular formula is C37H52N10O14. The SMILES string of the molecule is C[C@H](N)C(=O)N1C[C@H](O)C[C@H]1C(=O)N[C@@H](C)C(=O)N[C@@H](CC(N)=O)C(=O)N[C@@H](CO)C(=O)N1C[C@H](O)C[C@H]1C(=O)N[C@@H](Cc1c[nH]c2ccccc12)C(=O)N[C@@H](CO)C(=O)O. The van der Waals surface area contributed by atoms with Gasteiger partial charge in [-0.15, -0.1) is 0 Å². The van der Waals surface area contributed by atoms with Crippen molar-refractivity contribution in [2.75, 3.05) is 26.3 Å². The standard InChI is InChI=1S/C37H52N10O14/c1-16(38)35(58)46-12-19(50)8-27(46)33(56)41-17(2)30(53)42-24(10-29(39)52)32(55)44-25(14-48)36(59)47-13-20(51)9-28(47)34(57)43-23(31(54)45-26(15-49)37(60)61)7-18-11-40-22-6-4-3-5-21(18)22/h3-6,11,16-17,19-20,23-28,40,48-51H,7-10,12-15,38H2,1-2H3,(H2,39,52)(H,41,56)(H,42,53)(H,43,57)(H,44,55)(H,45,54)(H,60,61)/t16-,17-,19+,20+,23-,24-,25-,26-,27-,28-/m0/s1. The first-order valence-electron chi connectivity index (χ1n) is 19.3. The number of carbonyl (C=O) groups is 9. The molecule has 2 aliphatic rings. The van der Waals surface area contributed by atoms with Crippen LogP contribution in [0.4, 0.5) is 0 Å². The van der Waals surface area contributed by atoms with E-state index < -0.39 is 140 Å². The molecule has 15 N–H and O–H groups in total. The summed E-state index contributed by atoms with van der Waals surface area (Å²) in [5.74, 6) is -9.33. The summed E-state index contributed by atoms with van der Waals surface area (Å²) in [6.45, 7) is -0.0697. The third-order valence-corrected chi connectivity index (χ3v) is 10.2. The first kappa shape index (κ1) is 47.5. The number of aliphatic carboxylic acids is 1. The van der Waals surface area contributed by atoms with E-state index in [1.165, 1.54) is 13.8 Å². The maximum atomic E-state index is 13.8. The van der Waals surface area contributed by atoms with Crippen LogP contribution in [0.25, 0.3) is 10.9 Å². The van der Waals surface area contributed by atoms with Crippen molar-refractivity contribution in [2.24, 2.45) is 11.5 Å². The lowest BCUT2D eigenvalue weighted by atomic mass is 10.0. The van der Waals surface area contributed by atoms with Crippen molar-refractivity contribution in [3.63, 3.8) is 0 Å². The van der Waals surface area contributed by atoms with Crippen LogP contribution in [0.3, 0.4) is 0 Å². The zero-order chi connectivity index (χ0) is 45.3. The molecule has 0 unspecified atom stereocenters. The number of carboxylic acids is 1. The first-order valence-corrected chi connectivity index (χ1v) is 19.3. The summed E-state index contributed by atoms with van der Waals surface area (Å²) in [4.78, 5) is 122. The Bertz CT molecular complexity index is 1990. The maximum absolute atomic E-state index is 13.8. The topological polar surface area (TPSA) is 389 Å². The molecule has 3 heterocycles. The Labute approximate surface area is 347 Å². The summed E-state index contributed by atoms with van der Waals surface area (Å²) in [7, 11) is 0. The van der Waals surface area contributed by atoms with Gasteiger partial charge in [0.1, 0.15) is 42.3 Å². The van der Waals surface area contributed by atoms with Gasteiger partial charge in [-0.05, 0) is 25.5 Å². The van der Waals surface area contributed by atoms with Crippen molar-refractivity contribution in [3.8, 4) is 0 Å². The number of aliphatic hydroxyl groups excluding tert-OH is 4. The molecule has 61 heavy (non-hydrogen) atoms. The minimum atomic E-state index is -1.83. The largest absolute Gasteiger partial charge is 0.480 e. The second-order valence-electron chi connectivity index (χ2n) is 15.0. The van der Waals surface area contributed by atoms with Crippen LogP contribution in [0.2, 0.25) is 0 Å². The molecule has 8 amide bonds. The smallest absolute Gasteiger partial charge is 0.328 e. The van der Waals surface area contributed by atoms with E-state index in [1.807, 2.05) is 0 Å². The van der Waals surface area contributed by atoms with Crippen molar-refractivity contribution < 1.29 is 68.7 Å². The number of nitrogens with one attached hydrogen (secondary N) is 6. The Morgan fingerprint density at radius 2 is 1.26 bits per heavy atom. The van der Waals surface area contributed by atoms with E-state index in [4.69, 9.17) is 11.5 Å². The maximum Gasteiger partial charge on any atom is 0.328 e. The predicted molar refractivity (Wildman–Crippen MR) is 209 cm³/mol. The van der Waals surface area contributed by atoms with Gasteiger partial charge in [-0.3, -0.25) is 38.4 Å². The minimum absolute atomic E-state index is 0.142. The van der Waals surface area contributed by atoms with E-state index in [0.717, 1.165) is 9.80 Å². The number of H-pyrrole nitrogens is 1. The van der Waals surface area contributed by atoms with Crippen LogP contribution in [0.15, 0.2) is 30.5 Å². The van der Waals surface area contributed by atoms with Gasteiger partial charge in [0.05, 0.1) is 37.9 Å². The lowest BCUT2D eigenvalue weighted by Crippen LogP contribution is -2.60. The number of likely N-dealkylation sites (tertiary alicyclic amines) is 2. The molecular weight excluding hydrogens is 808 g/mol. The van der Waals surface area contributed by atoms with Gasteiger partial charge in [-0.25, -0.2) is 4.79 Å². The Hall–Kier alpha value is -6.21. The summed E-state index contributed by atoms with van der Waals surface area (Å²) in [5, 5.41) is 61.9. The quantitative estimate of drug-likeness (QED) is 0.0625. The van der Waals surface area contributed by atoms with Gasteiger partial charge in [-0.1, -0.05) is 18.2 Å². The van der Waals surface area contributed by atoms with Crippen LogP contribution < -0.4 is 38.1 Å². The fraction of sp³-hybridized carbons (Fsp3) is 0.541. The van der Waals surface area contributed by atoms with Gasteiger partial charge in [0.15, 0.2) is 0 Å². The van der Waals surface area contributed by atoms with E-state index in [0.29, 0.717) is 16.5 Å². The van der Waals surface area contributed by atoms with Crippen LogP contribution in [-0.4, -0.2) is 180 Å². The number of rotatable bonds is 19. The highest BCUT2D eigenvalue weighted by molar-refractivity contribution is 5.99. The molecule has 0 aliphatic carbocycles. The van der Waals surface area contributed by atoms with Gasteiger partial charge in [-0.2, -0.15) is 0 Å². The molecule has 0 radical (unpaired) electrons. The molecule has 0 saturated carbocycles. The van der Waals surface area contributed by atoms with E-state index in [1.54, 1.807) is 30.5 Å². The number of aromatic nitrogens is 1. The summed E-state index contributed by atoms with van der Waals surface area (Å²) >= 11 is 0. The second kappa shape index (κ2) is 20.9. The summed E-state index contributed by atoms with van der Waals surface area (Å²) < 4.78 is 0. The zero-order valence-electron chi connectivity index (χ0n) is 33.3. The fourth-order valence-corrected chi connectivity index (χ4v) is 7.07. The zero-order valence-corrected chi connectivity index (χ0v) is 33.3. The van der Waals surface area contributed by atoms with Gasteiger partial charge in [0.2, 0.25) is 47.3 Å². The number of primary amides is 1. The number of benzene rings is 1. The van der Waals surface area contributed by atoms with Crippen molar-refractivity contribution in [2.45, 2.75) is 100 Å². The third-order valence-electron chi connectivity index (χ3n) is 10.2. The van der Waals surface area contributed by atoms with Crippen LogP contribution in [0.5, 0.6) is 0 Å². The first-order chi connectivity index (χ1) is 28.7. The highest BCUT2D eigenvalue weighted by atomic mass is 16.4. The number of carboxylic acid groups (broad SMARTS) is 1. The number of hydrogen-bond acceptors (Lipinski definition) is 14. The fourth-order valence-electron chi connectivity index (χ4n) is 7.07. The van der Waals surface area contributed by atoms with Gasteiger partial charge >= 0.3 is 5.97 Å². The number of aromatic amines is 1. The highest BCUT2D eigenvalue weighted by Crippen LogP contribution is 2.23. The summed E-state index contributed by atoms with van der Waals surface area (Å²) in [6.07, 6.45) is -2.26. The molecule has 0 bridgehead atoms. The van der Waals surface area contributed by atoms with E-state index in [9.17, 15) is 68.7 Å². The summed E-state index contributed by atoms with van der Waals surface area (Å²) in [5.41, 5.74) is 12.2. The molecule has 24 nitrogen and oxygen atoms in total. The number of β-amino-alcohol motifs (C(OH)–C–C–N with tert-alkyl or cyclic N) is 2. The number of nitrogens with zero attached hydrogens (tertiary/aromatic N) is 2. The minimum Gasteiger partial charge on any atom is -0.480 e. The normalized spacial score (nSPS) is 21.6. The number of hydrogen-bond donors (Lipinski definition) is 13. The average Bonchev–Trinajstić information content (AvgIpc) is 3.93. The lowest BCUT2D eigenvalue weighted by molar-refractivity contribution is -0.144. The molecule has 1 aromatic heterocycles. The Morgan fingerprint density at radius 1 is 0.738 bits per heavy atom. The van der Waals surface area contributed by atoms with Crippen molar-refractivity contribution in [1.82, 2.24) is 41.4 Å². The van der Waals surface area contributed by atoms with E-state index in [2.05, 4.69) is 31.6 Å².